The minimum atomic E-state index is -0.386. The zero-order valence-electron chi connectivity index (χ0n) is 11.1. The first-order chi connectivity index (χ1) is 9.60. The molecule has 6 heteroatoms. The number of halogens is 2. The largest absolute Gasteiger partial charge is 0.364 e. The molecule has 1 aliphatic rings. The van der Waals surface area contributed by atoms with Gasteiger partial charge in [-0.3, -0.25) is 4.79 Å². The van der Waals surface area contributed by atoms with Gasteiger partial charge in [0.05, 0.1) is 10.6 Å². The Labute approximate surface area is 126 Å². The number of carbonyl (C=O) groups excluding carboxylic acids is 1. The number of benzene rings is 1. The Kier molecular flexibility index (Phi) is 5.51. The van der Waals surface area contributed by atoms with E-state index in [0.29, 0.717) is 24.0 Å². The number of hydrogen-bond donors (Lipinski definition) is 2. The van der Waals surface area contributed by atoms with E-state index in [1.807, 2.05) is 0 Å². The van der Waals surface area contributed by atoms with Crippen LogP contribution in [0.3, 0.4) is 0 Å². The summed E-state index contributed by atoms with van der Waals surface area (Å²) in [5, 5.41) is 2.84. The van der Waals surface area contributed by atoms with Gasteiger partial charge in [-0.25, -0.2) is 4.39 Å². The van der Waals surface area contributed by atoms with Gasteiger partial charge >= 0.3 is 0 Å². The van der Waals surface area contributed by atoms with Gasteiger partial charge in [0.25, 0.3) is 0 Å². The number of nitrogens with two attached hydrogens (primary N) is 1. The van der Waals surface area contributed by atoms with E-state index in [1.54, 1.807) is 12.1 Å². The van der Waals surface area contributed by atoms with Crippen LogP contribution in [0.1, 0.15) is 18.4 Å². The first kappa shape index (κ1) is 15.4. The van der Waals surface area contributed by atoms with Crippen molar-refractivity contribution >= 4 is 21.8 Å². The number of hydrogen-bond acceptors (Lipinski definition) is 3. The summed E-state index contributed by atoms with van der Waals surface area (Å²) < 4.78 is 19.0. The van der Waals surface area contributed by atoms with Crippen molar-refractivity contribution in [2.24, 2.45) is 5.73 Å². The van der Waals surface area contributed by atoms with Crippen LogP contribution in [0.25, 0.3) is 0 Å². The Balaban J connectivity index is 1.75. The van der Waals surface area contributed by atoms with Crippen molar-refractivity contribution in [3.8, 4) is 0 Å². The maximum absolute atomic E-state index is 13.1. The van der Waals surface area contributed by atoms with Crippen LogP contribution in [0.15, 0.2) is 22.7 Å². The molecule has 0 saturated carbocycles. The second-order valence-electron chi connectivity index (χ2n) is 4.85. The molecule has 3 N–H and O–H groups in total. The molecule has 0 aliphatic carbocycles. The summed E-state index contributed by atoms with van der Waals surface area (Å²) in [6, 6.07) is 4.84. The van der Waals surface area contributed by atoms with Crippen LogP contribution in [-0.2, 0) is 16.0 Å². The quantitative estimate of drug-likeness (QED) is 0.855. The number of ether oxygens (including phenoxy) is 1. The minimum absolute atomic E-state index is 0.00111. The zero-order valence-corrected chi connectivity index (χ0v) is 12.7. The molecule has 1 amide bonds. The highest BCUT2D eigenvalue weighted by molar-refractivity contribution is 9.10. The Hall–Kier alpha value is -0.980. The highest BCUT2D eigenvalue weighted by Crippen LogP contribution is 2.19. The molecule has 4 nitrogen and oxygen atoms in total. The molecular formula is C14H18BrFN2O2. The molecule has 1 aromatic rings. The molecular weight excluding hydrogens is 327 g/mol. The van der Waals surface area contributed by atoms with E-state index in [9.17, 15) is 9.18 Å². The van der Waals surface area contributed by atoms with Crippen LogP contribution in [-0.4, -0.2) is 31.2 Å². The minimum Gasteiger partial charge on any atom is -0.364 e. The summed E-state index contributed by atoms with van der Waals surface area (Å²) >= 11 is 3.14. The zero-order chi connectivity index (χ0) is 14.5. The molecule has 1 aromatic carbocycles. The van der Waals surface area contributed by atoms with E-state index in [-0.39, 0.29) is 23.9 Å². The van der Waals surface area contributed by atoms with Crippen LogP contribution >= 0.6 is 15.9 Å². The molecule has 0 unspecified atom stereocenters. The van der Waals surface area contributed by atoms with E-state index in [2.05, 4.69) is 21.2 Å². The summed E-state index contributed by atoms with van der Waals surface area (Å²) in [6.07, 6.45) is 1.81. The summed E-state index contributed by atoms with van der Waals surface area (Å²) in [7, 11) is 0. The summed E-state index contributed by atoms with van der Waals surface area (Å²) in [6.45, 7) is 0.956. The number of nitrogens with one attached hydrogen (secondary N) is 1. The predicted molar refractivity (Wildman–Crippen MR) is 77.8 cm³/mol. The molecule has 0 bridgehead atoms. The summed E-state index contributed by atoms with van der Waals surface area (Å²) in [5.41, 5.74) is 6.47. The molecule has 1 saturated heterocycles. The van der Waals surface area contributed by atoms with E-state index in [1.165, 1.54) is 6.07 Å². The third-order valence-electron chi connectivity index (χ3n) is 3.36. The maximum Gasteiger partial charge on any atom is 0.249 e. The first-order valence-electron chi connectivity index (χ1n) is 6.67. The Bertz CT molecular complexity index is 484. The van der Waals surface area contributed by atoms with Gasteiger partial charge in [-0.2, -0.15) is 0 Å². The van der Waals surface area contributed by atoms with Crippen molar-refractivity contribution in [1.82, 2.24) is 5.32 Å². The van der Waals surface area contributed by atoms with Gasteiger partial charge in [0.1, 0.15) is 11.9 Å². The average Bonchev–Trinajstić information content (AvgIpc) is 2.91. The summed E-state index contributed by atoms with van der Waals surface area (Å²) in [5.74, 6) is -0.382. The second-order valence-corrected chi connectivity index (χ2v) is 5.70. The molecule has 2 rings (SSSR count). The number of amides is 1. The lowest BCUT2D eigenvalue weighted by molar-refractivity contribution is -0.131. The Morgan fingerprint density at radius 1 is 1.50 bits per heavy atom. The molecule has 0 aromatic heterocycles. The van der Waals surface area contributed by atoms with Gasteiger partial charge in [0.15, 0.2) is 0 Å². The third kappa shape index (κ3) is 4.01. The van der Waals surface area contributed by atoms with E-state index in [0.717, 1.165) is 18.4 Å². The fourth-order valence-electron chi connectivity index (χ4n) is 2.21. The molecule has 110 valence electrons. The van der Waals surface area contributed by atoms with Crippen molar-refractivity contribution in [2.45, 2.75) is 31.5 Å². The number of carbonyl (C=O) groups is 1. The van der Waals surface area contributed by atoms with E-state index >= 15 is 0 Å². The topological polar surface area (TPSA) is 64.4 Å². The van der Waals surface area contributed by atoms with E-state index in [4.69, 9.17) is 10.5 Å². The average molecular weight is 345 g/mol. The standard InChI is InChI=1S/C14H18BrFN2O2/c15-11-7-9(1-3-12(11)16)5-6-18-14(19)13-4-2-10(8-17)20-13/h1,3,7,10,13H,2,4-6,8,17H2,(H,18,19)/t10-,13+/m1/s1. The van der Waals surface area contributed by atoms with Crippen LogP contribution in [0, 0.1) is 5.82 Å². The normalized spacial score (nSPS) is 21.9. The molecule has 0 radical (unpaired) electrons. The van der Waals surface area contributed by atoms with Crippen LogP contribution in [0.2, 0.25) is 0 Å². The molecule has 1 heterocycles. The molecule has 0 spiro atoms. The summed E-state index contributed by atoms with van der Waals surface area (Å²) in [4.78, 5) is 11.9. The third-order valence-corrected chi connectivity index (χ3v) is 3.97. The Morgan fingerprint density at radius 3 is 2.95 bits per heavy atom. The smallest absolute Gasteiger partial charge is 0.249 e. The van der Waals surface area contributed by atoms with E-state index < -0.39 is 0 Å². The fraction of sp³-hybridized carbons (Fsp3) is 0.500. The van der Waals surface area contributed by atoms with Gasteiger partial charge in [-0.15, -0.1) is 0 Å². The molecule has 1 fully saturated rings. The molecule has 1 aliphatic heterocycles. The van der Waals surface area contributed by atoms with Gasteiger partial charge in [0.2, 0.25) is 5.91 Å². The van der Waals surface area contributed by atoms with Crippen LogP contribution in [0.5, 0.6) is 0 Å². The van der Waals surface area contributed by atoms with Crippen molar-refractivity contribution < 1.29 is 13.9 Å². The lowest BCUT2D eigenvalue weighted by Crippen LogP contribution is -2.36. The van der Waals surface area contributed by atoms with Crippen molar-refractivity contribution in [3.63, 3.8) is 0 Å². The van der Waals surface area contributed by atoms with Gasteiger partial charge in [-0.05, 0) is 52.9 Å². The maximum atomic E-state index is 13.1. The van der Waals surface area contributed by atoms with Crippen molar-refractivity contribution in [1.29, 1.82) is 0 Å². The lowest BCUT2D eigenvalue weighted by atomic mass is 10.1. The molecule has 20 heavy (non-hydrogen) atoms. The van der Waals surface area contributed by atoms with Gasteiger partial charge in [0, 0.05) is 13.1 Å². The number of rotatable bonds is 5. The monoisotopic (exact) mass is 344 g/mol. The van der Waals surface area contributed by atoms with Crippen LogP contribution < -0.4 is 11.1 Å². The first-order valence-corrected chi connectivity index (χ1v) is 7.46. The highest BCUT2D eigenvalue weighted by atomic mass is 79.9. The Morgan fingerprint density at radius 2 is 2.30 bits per heavy atom. The highest BCUT2D eigenvalue weighted by Gasteiger charge is 2.29. The van der Waals surface area contributed by atoms with Crippen molar-refractivity contribution in [2.75, 3.05) is 13.1 Å². The van der Waals surface area contributed by atoms with Crippen LogP contribution in [0.4, 0.5) is 4.39 Å². The second kappa shape index (κ2) is 7.15. The van der Waals surface area contributed by atoms with Gasteiger partial charge < -0.3 is 15.8 Å². The predicted octanol–water partition coefficient (Wildman–Crippen LogP) is 1.75. The molecule has 2 atom stereocenters. The fourth-order valence-corrected chi connectivity index (χ4v) is 2.64. The van der Waals surface area contributed by atoms with Gasteiger partial charge in [-0.1, -0.05) is 6.07 Å². The van der Waals surface area contributed by atoms with Crippen molar-refractivity contribution in [3.05, 3.63) is 34.1 Å². The SMILES string of the molecule is NC[C@H]1CC[C@@H](C(=O)NCCc2ccc(F)c(Br)c2)O1. The lowest BCUT2D eigenvalue weighted by Gasteiger charge is -2.12.